The van der Waals surface area contributed by atoms with E-state index in [1.54, 1.807) is 31.2 Å². The molecular formula is C18H22ClF2N3O. The molecule has 0 fully saturated rings. The average Bonchev–Trinajstić information content (AvgIpc) is 2.80. The van der Waals surface area contributed by atoms with Crippen molar-refractivity contribution in [3.63, 3.8) is 0 Å². The van der Waals surface area contributed by atoms with Crippen molar-refractivity contribution < 1.29 is 13.6 Å². The molecule has 2 rings (SSSR count). The summed E-state index contributed by atoms with van der Waals surface area (Å²) in [7, 11) is 1.42. The molecule has 25 heavy (non-hydrogen) atoms. The van der Waals surface area contributed by atoms with Crippen molar-refractivity contribution in [2.75, 3.05) is 11.2 Å². The first-order valence-corrected chi connectivity index (χ1v) is 8.66. The summed E-state index contributed by atoms with van der Waals surface area (Å²) in [6.45, 7) is 3.03. The second-order valence-corrected chi connectivity index (χ2v) is 6.60. The van der Waals surface area contributed by atoms with E-state index in [1.807, 2.05) is 0 Å². The molecule has 0 aliphatic carbocycles. The number of carbonyl (C=O) groups excluding carboxylic acids is 1. The predicted molar refractivity (Wildman–Crippen MR) is 95.3 cm³/mol. The second-order valence-electron chi connectivity index (χ2n) is 6.22. The average molecular weight is 370 g/mol. The van der Waals surface area contributed by atoms with Gasteiger partial charge in [0.25, 0.3) is 5.91 Å². The Balaban J connectivity index is 2.27. The summed E-state index contributed by atoms with van der Waals surface area (Å²) < 4.78 is 30.2. The van der Waals surface area contributed by atoms with E-state index >= 15 is 4.39 Å². The number of amides is 1. The Morgan fingerprint density at radius 3 is 2.64 bits per heavy atom. The van der Waals surface area contributed by atoms with Gasteiger partial charge >= 0.3 is 0 Å². The van der Waals surface area contributed by atoms with Crippen LogP contribution < -0.4 is 5.32 Å². The van der Waals surface area contributed by atoms with Crippen LogP contribution in [0.25, 0.3) is 0 Å². The summed E-state index contributed by atoms with van der Waals surface area (Å²) in [5.74, 6) is -0.890. The Hall–Kier alpha value is -1.95. The fourth-order valence-corrected chi connectivity index (χ4v) is 2.99. The van der Waals surface area contributed by atoms with Crippen LogP contribution in [0.4, 0.5) is 14.5 Å². The third-order valence-electron chi connectivity index (χ3n) is 4.15. The van der Waals surface area contributed by atoms with Crippen LogP contribution in [-0.2, 0) is 12.7 Å². The summed E-state index contributed by atoms with van der Waals surface area (Å²) in [6.07, 6.45) is 1.64. The minimum absolute atomic E-state index is 0.139. The molecule has 0 aliphatic rings. The smallest absolute Gasteiger partial charge is 0.262 e. The van der Waals surface area contributed by atoms with Gasteiger partial charge in [0.2, 0.25) is 5.95 Å². The third-order valence-corrected chi connectivity index (χ3v) is 4.41. The number of hydrogen-bond acceptors (Lipinski definition) is 2. The molecule has 0 saturated carbocycles. The Labute approximate surface area is 151 Å². The van der Waals surface area contributed by atoms with E-state index in [0.717, 1.165) is 11.1 Å². The number of halogens is 3. The van der Waals surface area contributed by atoms with E-state index < -0.39 is 17.5 Å². The first kappa shape index (κ1) is 19.4. The van der Waals surface area contributed by atoms with Crippen molar-refractivity contribution in [3.8, 4) is 0 Å². The molecule has 1 N–H and O–H groups in total. The first-order valence-electron chi connectivity index (χ1n) is 8.12. The van der Waals surface area contributed by atoms with Crippen molar-refractivity contribution in [1.82, 2.24) is 9.78 Å². The van der Waals surface area contributed by atoms with E-state index in [4.69, 9.17) is 11.6 Å². The standard InChI is InChI=1S/C18H22ClF2N3O/c1-12-15(16(20)24(3)23-12)17(25)22-14-9-5-4-8-13(14)18(2,21)10-6-7-11-19/h4-5,8-9H,6-7,10-11H2,1-3H3,(H,22,25). The van der Waals surface area contributed by atoms with Gasteiger partial charge in [-0.3, -0.25) is 4.79 Å². The van der Waals surface area contributed by atoms with Gasteiger partial charge in [0.15, 0.2) is 0 Å². The first-order chi connectivity index (χ1) is 11.8. The zero-order valence-corrected chi connectivity index (χ0v) is 15.3. The zero-order chi connectivity index (χ0) is 18.6. The lowest BCUT2D eigenvalue weighted by Crippen LogP contribution is -2.21. The minimum Gasteiger partial charge on any atom is -0.321 e. The van der Waals surface area contributed by atoms with E-state index in [-0.39, 0.29) is 17.7 Å². The SMILES string of the molecule is Cc1nn(C)c(F)c1C(=O)Nc1ccccc1C(C)(F)CCCCCl. The highest BCUT2D eigenvalue weighted by Crippen LogP contribution is 2.36. The molecule has 1 unspecified atom stereocenters. The van der Waals surface area contributed by atoms with Crippen molar-refractivity contribution in [2.45, 2.75) is 38.8 Å². The molecule has 2 aromatic rings. The van der Waals surface area contributed by atoms with Gasteiger partial charge in [-0.15, -0.1) is 11.6 Å². The number of hydrogen-bond donors (Lipinski definition) is 1. The predicted octanol–water partition coefficient (Wildman–Crippen LogP) is 4.71. The van der Waals surface area contributed by atoms with E-state index in [0.29, 0.717) is 23.6 Å². The molecule has 0 saturated heterocycles. The molecule has 1 heterocycles. The van der Waals surface area contributed by atoms with Gasteiger partial charge in [0, 0.05) is 24.2 Å². The van der Waals surface area contributed by atoms with Crippen LogP contribution in [0.2, 0.25) is 0 Å². The number of unbranched alkanes of at least 4 members (excludes halogenated alkanes) is 1. The molecule has 0 aliphatic heterocycles. The maximum absolute atomic E-state index is 15.1. The van der Waals surface area contributed by atoms with Crippen LogP contribution in [-0.4, -0.2) is 21.6 Å². The monoisotopic (exact) mass is 369 g/mol. The third kappa shape index (κ3) is 4.37. The van der Waals surface area contributed by atoms with Crippen LogP contribution in [0.5, 0.6) is 0 Å². The van der Waals surface area contributed by atoms with Gasteiger partial charge in [0.05, 0.1) is 5.69 Å². The summed E-state index contributed by atoms with van der Waals surface area (Å²) in [5, 5.41) is 6.51. The lowest BCUT2D eigenvalue weighted by Gasteiger charge is -2.24. The second kappa shape index (κ2) is 7.95. The topological polar surface area (TPSA) is 46.9 Å². The van der Waals surface area contributed by atoms with Gasteiger partial charge in [-0.25, -0.2) is 9.07 Å². The fraction of sp³-hybridized carbons (Fsp3) is 0.444. The van der Waals surface area contributed by atoms with Crippen molar-refractivity contribution in [1.29, 1.82) is 0 Å². The van der Waals surface area contributed by atoms with Crippen LogP contribution >= 0.6 is 11.6 Å². The zero-order valence-electron chi connectivity index (χ0n) is 14.6. The number of rotatable bonds is 7. The van der Waals surface area contributed by atoms with Crippen molar-refractivity contribution in [3.05, 3.63) is 47.0 Å². The number of anilines is 1. The molecule has 0 radical (unpaired) electrons. The highest BCUT2D eigenvalue weighted by Gasteiger charge is 2.29. The number of nitrogens with zero attached hydrogens (tertiary/aromatic N) is 2. The molecule has 1 atom stereocenters. The van der Waals surface area contributed by atoms with Crippen LogP contribution in [0.3, 0.4) is 0 Å². The van der Waals surface area contributed by atoms with E-state index in [9.17, 15) is 9.18 Å². The van der Waals surface area contributed by atoms with E-state index in [1.165, 1.54) is 14.0 Å². The summed E-state index contributed by atoms with van der Waals surface area (Å²) in [6, 6.07) is 6.64. The lowest BCUT2D eigenvalue weighted by molar-refractivity contribution is 0.102. The molecule has 0 bridgehead atoms. The summed E-state index contributed by atoms with van der Waals surface area (Å²) >= 11 is 5.65. The highest BCUT2D eigenvalue weighted by molar-refractivity contribution is 6.17. The summed E-state index contributed by atoms with van der Waals surface area (Å²) in [5.41, 5.74) is -0.802. The quantitative estimate of drug-likeness (QED) is 0.567. The number of nitrogens with one attached hydrogen (secondary N) is 1. The number of benzene rings is 1. The van der Waals surface area contributed by atoms with Crippen molar-refractivity contribution in [2.24, 2.45) is 7.05 Å². The molecule has 4 nitrogen and oxygen atoms in total. The maximum Gasteiger partial charge on any atom is 0.262 e. The highest BCUT2D eigenvalue weighted by atomic mass is 35.5. The number of para-hydroxylation sites is 1. The van der Waals surface area contributed by atoms with Crippen LogP contribution in [0, 0.1) is 12.9 Å². The lowest BCUT2D eigenvalue weighted by atomic mass is 9.91. The molecule has 1 aromatic heterocycles. The van der Waals surface area contributed by atoms with Crippen LogP contribution in [0.1, 0.15) is 47.8 Å². The van der Waals surface area contributed by atoms with Gasteiger partial charge in [-0.1, -0.05) is 18.2 Å². The number of aromatic nitrogens is 2. The van der Waals surface area contributed by atoms with Gasteiger partial charge in [0.1, 0.15) is 11.2 Å². The Morgan fingerprint density at radius 1 is 1.36 bits per heavy atom. The maximum atomic E-state index is 15.1. The van der Waals surface area contributed by atoms with E-state index in [2.05, 4.69) is 10.4 Å². The molecule has 7 heteroatoms. The Kier molecular flexibility index (Phi) is 6.16. The number of carbonyl (C=O) groups is 1. The molecular weight excluding hydrogens is 348 g/mol. The molecule has 1 amide bonds. The Morgan fingerprint density at radius 2 is 2.04 bits per heavy atom. The van der Waals surface area contributed by atoms with Gasteiger partial charge in [-0.2, -0.15) is 9.49 Å². The van der Waals surface area contributed by atoms with Gasteiger partial charge < -0.3 is 5.32 Å². The molecule has 1 aromatic carbocycles. The molecule has 0 spiro atoms. The Bertz CT molecular complexity index is 759. The normalized spacial score (nSPS) is 13.5. The summed E-state index contributed by atoms with van der Waals surface area (Å²) in [4.78, 5) is 12.5. The number of alkyl halides is 2. The largest absolute Gasteiger partial charge is 0.321 e. The minimum atomic E-state index is -1.63. The van der Waals surface area contributed by atoms with Crippen molar-refractivity contribution >= 4 is 23.2 Å². The number of aryl methyl sites for hydroxylation is 2. The van der Waals surface area contributed by atoms with Gasteiger partial charge in [-0.05, 0) is 39.2 Å². The fourth-order valence-electron chi connectivity index (χ4n) is 2.81. The van der Waals surface area contributed by atoms with Crippen LogP contribution in [0.15, 0.2) is 24.3 Å². The molecule has 136 valence electrons.